The highest BCUT2D eigenvalue weighted by Crippen LogP contribution is 2.29. The SMILES string of the molecule is Cc1c(C)n(Cc2ccc(O[C@@H](C)C=O)c(F)c2)c2ccc(C(=O)N[C@@H](C)c3cccc(C(C)C)c3)cc12. The second-order valence-electron chi connectivity index (χ2n) is 10.3. The first-order valence-electron chi connectivity index (χ1n) is 13.0. The van der Waals surface area contributed by atoms with Crippen molar-refractivity contribution in [3.63, 3.8) is 0 Å². The number of fused-ring (bicyclic) bond motifs is 1. The lowest BCUT2D eigenvalue weighted by molar-refractivity contribution is -0.113. The van der Waals surface area contributed by atoms with Crippen molar-refractivity contribution in [3.8, 4) is 5.75 Å². The van der Waals surface area contributed by atoms with Gasteiger partial charge in [0.15, 0.2) is 24.0 Å². The Hall–Kier alpha value is -3.93. The zero-order chi connectivity index (χ0) is 27.6. The van der Waals surface area contributed by atoms with Crippen molar-refractivity contribution in [3.05, 3.63) is 100.0 Å². The monoisotopic (exact) mass is 514 g/mol. The van der Waals surface area contributed by atoms with E-state index < -0.39 is 11.9 Å². The molecule has 6 heteroatoms. The lowest BCUT2D eigenvalue weighted by atomic mass is 9.98. The first-order valence-corrected chi connectivity index (χ1v) is 13.0. The van der Waals surface area contributed by atoms with Crippen LogP contribution in [0, 0.1) is 19.7 Å². The fraction of sp³-hybridized carbons (Fsp3) is 0.312. The maximum atomic E-state index is 14.6. The number of hydrogen-bond donors (Lipinski definition) is 1. The summed E-state index contributed by atoms with van der Waals surface area (Å²) >= 11 is 0. The molecule has 0 aliphatic rings. The summed E-state index contributed by atoms with van der Waals surface area (Å²) in [4.78, 5) is 24.0. The standard InChI is InChI=1S/C32H35FN2O3/c1-19(2)25-8-7-9-26(15-25)22(5)34-32(37)27-11-12-30-28(16-27)21(4)23(6)35(30)17-24-10-13-31(29(33)14-24)38-20(3)18-36/h7-16,18-20,22H,17H2,1-6H3,(H,34,37)/t20-,22-/m0/s1. The quantitative estimate of drug-likeness (QED) is 0.244. The molecule has 3 aromatic carbocycles. The van der Waals surface area contributed by atoms with Crippen molar-refractivity contribution >= 4 is 23.1 Å². The van der Waals surface area contributed by atoms with E-state index in [2.05, 4.69) is 35.9 Å². The smallest absolute Gasteiger partial charge is 0.251 e. The fourth-order valence-electron chi connectivity index (χ4n) is 4.69. The van der Waals surface area contributed by atoms with E-state index in [0.717, 1.165) is 33.3 Å². The Kier molecular flexibility index (Phi) is 8.00. The number of nitrogens with zero attached hydrogens (tertiary/aromatic N) is 1. The molecule has 0 fully saturated rings. The predicted molar refractivity (Wildman–Crippen MR) is 149 cm³/mol. The summed E-state index contributed by atoms with van der Waals surface area (Å²) < 4.78 is 22.0. The number of ether oxygens (including phenoxy) is 1. The highest BCUT2D eigenvalue weighted by atomic mass is 19.1. The lowest BCUT2D eigenvalue weighted by Crippen LogP contribution is -2.26. The molecular formula is C32H35FN2O3. The van der Waals surface area contributed by atoms with E-state index >= 15 is 0 Å². The van der Waals surface area contributed by atoms with E-state index in [0.29, 0.717) is 24.3 Å². The minimum atomic E-state index is -0.715. The Morgan fingerprint density at radius 1 is 1.00 bits per heavy atom. The highest BCUT2D eigenvalue weighted by molar-refractivity contribution is 5.99. The molecule has 1 heterocycles. The van der Waals surface area contributed by atoms with Crippen LogP contribution in [0.2, 0.25) is 0 Å². The molecule has 1 amide bonds. The molecule has 0 spiro atoms. The molecule has 0 saturated heterocycles. The van der Waals surface area contributed by atoms with Gasteiger partial charge in [0, 0.05) is 28.7 Å². The summed E-state index contributed by atoms with van der Waals surface area (Å²) in [6.45, 7) is 12.4. The van der Waals surface area contributed by atoms with Gasteiger partial charge in [-0.2, -0.15) is 0 Å². The van der Waals surface area contributed by atoms with Crippen LogP contribution in [0.15, 0.2) is 60.7 Å². The number of rotatable bonds is 9. The number of benzene rings is 3. The summed E-state index contributed by atoms with van der Waals surface area (Å²) in [5.74, 6) is -0.153. The van der Waals surface area contributed by atoms with E-state index in [1.54, 1.807) is 19.1 Å². The number of halogens is 1. The van der Waals surface area contributed by atoms with Crippen LogP contribution in [0.3, 0.4) is 0 Å². The van der Waals surface area contributed by atoms with Gasteiger partial charge in [-0.1, -0.05) is 44.2 Å². The van der Waals surface area contributed by atoms with Gasteiger partial charge < -0.3 is 14.6 Å². The zero-order valence-corrected chi connectivity index (χ0v) is 22.8. The van der Waals surface area contributed by atoms with Gasteiger partial charge in [-0.25, -0.2) is 4.39 Å². The fourth-order valence-corrected chi connectivity index (χ4v) is 4.69. The molecule has 1 aromatic heterocycles. The van der Waals surface area contributed by atoms with Gasteiger partial charge in [-0.05, 0) is 86.2 Å². The van der Waals surface area contributed by atoms with Crippen molar-refractivity contribution in [1.82, 2.24) is 9.88 Å². The topological polar surface area (TPSA) is 60.3 Å². The number of aryl methyl sites for hydroxylation is 1. The number of hydrogen-bond acceptors (Lipinski definition) is 3. The van der Waals surface area contributed by atoms with E-state index in [1.807, 2.05) is 51.1 Å². The Morgan fingerprint density at radius 2 is 1.74 bits per heavy atom. The molecule has 2 atom stereocenters. The summed E-state index contributed by atoms with van der Waals surface area (Å²) in [6.07, 6.45) is -0.0847. The molecule has 4 rings (SSSR count). The van der Waals surface area contributed by atoms with Gasteiger partial charge in [0.25, 0.3) is 5.91 Å². The summed E-state index contributed by atoms with van der Waals surface area (Å²) in [6, 6.07) is 18.7. The second kappa shape index (κ2) is 11.2. The molecule has 0 aliphatic carbocycles. The molecule has 0 saturated carbocycles. The van der Waals surface area contributed by atoms with Crippen LogP contribution in [-0.2, 0) is 11.3 Å². The van der Waals surface area contributed by atoms with Crippen molar-refractivity contribution in [2.24, 2.45) is 0 Å². The average molecular weight is 515 g/mol. The summed E-state index contributed by atoms with van der Waals surface area (Å²) in [5, 5.41) is 4.12. The van der Waals surface area contributed by atoms with E-state index in [9.17, 15) is 14.0 Å². The minimum absolute atomic E-state index is 0.0550. The van der Waals surface area contributed by atoms with Gasteiger partial charge in [-0.3, -0.25) is 9.59 Å². The Labute approximate surface area is 223 Å². The van der Waals surface area contributed by atoms with E-state index in [4.69, 9.17) is 4.74 Å². The van der Waals surface area contributed by atoms with Crippen LogP contribution < -0.4 is 10.1 Å². The summed E-state index contributed by atoms with van der Waals surface area (Å²) in [5.41, 5.74) is 6.79. The van der Waals surface area contributed by atoms with E-state index in [-0.39, 0.29) is 17.7 Å². The molecule has 38 heavy (non-hydrogen) atoms. The number of carbonyl (C=O) groups excluding carboxylic acids is 2. The second-order valence-corrected chi connectivity index (χ2v) is 10.3. The third kappa shape index (κ3) is 5.64. The first-order chi connectivity index (χ1) is 18.1. The molecular weight excluding hydrogens is 479 g/mol. The number of aldehydes is 1. The van der Waals surface area contributed by atoms with Crippen molar-refractivity contribution < 1.29 is 18.7 Å². The summed E-state index contributed by atoms with van der Waals surface area (Å²) in [7, 11) is 0. The molecule has 0 bridgehead atoms. The van der Waals surface area contributed by atoms with Crippen LogP contribution >= 0.6 is 0 Å². The molecule has 1 N–H and O–H groups in total. The molecule has 4 aromatic rings. The van der Waals surface area contributed by atoms with Crippen LogP contribution in [-0.4, -0.2) is 22.9 Å². The van der Waals surface area contributed by atoms with Crippen LogP contribution in [0.5, 0.6) is 5.75 Å². The van der Waals surface area contributed by atoms with Gasteiger partial charge in [0.2, 0.25) is 0 Å². The van der Waals surface area contributed by atoms with Crippen molar-refractivity contribution in [1.29, 1.82) is 0 Å². The maximum Gasteiger partial charge on any atom is 0.251 e. The zero-order valence-electron chi connectivity index (χ0n) is 22.8. The molecule has 0 radical (unpaired) electrons. The molecule has 5 nitrogen and oxygen atoms in total. The number of amides is 1. The lowest BCUT2D eigenvalue weighted by Gasteiger charge is -2.16. The van der Waals surface area contributed by atoms with Crippen LogP contribution in [0.1, 0.15) is 78.0 Å². The molecule has 0 aliphatic heterocycles. The minimum Gasteiger partial charge on any atom is -0.480 e. The van der Waals surface area contributed by atoms with Crippen molar-refractivity contribution in [2.75, 3.05) is 0 Å². The number of nitrogens with one attached hydrogen (secondary N) is 1. The maximum absolute atomic E-state index is 14.6. The van der Waals surface area contributed by atoms with Crippen LogP contribution in [0.25, 0.3) is 10.9 Å². The molecule has 198 valence electrons. The van der Waals surface area contributed by atoms with Gasteiger partial charge in [-0.15, -0.1) is 0 Å². The van der Waals surface area contributed by atoms with Crippen LogP contribution in [0.4, 0.5) is 4.39 Å². The number of aromatic nitrogens is 1. The normalized spacial score (nSPS) is 12.9. The van der Waals surface area contributed by atoms with Gasteiger partial charge in [0.05, 0.1) is 6.04 Å². The third-order valence-electron chi connectivity index (χ3n) is 7.17. The van der Waals surface area contributed by atoms with Gasteiger partial charge in [0.1, 0.15) is 0 Å². The molecule has 0 unspecified atom stereocenters. The van der Waals surface area contributed by atoms with E-state index in [1.165, 1.54) is 11.6 Å². The number of carbonyl (C=O) groups is 2. The largest absolute Gasteiger partial charge is 0.480 e. The first kappa shape index (κ1) is 27.1. The Morgan fingerprint density at radius 3 is 2.42 bits per heavy atom. The predicted octanol–water partition coefficient (Wildman–Crippen LogP) is 7.03. The average Bonchev–Trinajstić information content (AvgIpc) is 3.14. The highest BCUT2D eigenvalue weighted by Gasteiger charge is 2.17. The third-order valence-corrected chi connectivity index (χ3v) is 7.17. The Balaban J connectivity index is 1.56. The van der Waals surface area contributed by atoms with Gasteiger partial charge >= 0.3 is 0 Å². The Bertz CT molecular complexity index is 1490. The van der Waals surface area contributed by atoms with Crippen molar-refractivity contribution in [2.45, 2.75) is 66.2 Å².